The van der Waals surface area contributed by atoms with Crippen LogP contribution in [0.4, 0.5) is 13.2 Å². The Labute approximate surface area is 118 Å². The predicted molar refractivity (Wildman–Crippen MR) is 72.0 cm³/mol. The Balaban J connectivity index is 2.36. The molecule has 0 heterocycles. The number of alkyl halides is 3. The van der Waals surface area contributed by atoms with Gasteiger partial charge in [0.2, 0.25) is 10.0 Å². The van der Waals surface area contributed by atoms with Gasteiger partial charge in [-0.25, -0.2) is 8.42 Å². The van der Waals surface area contributed by atoms with E-state index in [2.05, 4.69) is 5.32 Å². The maximum atomic E-state index is 12.4. The molecule has 20 heavy (non-hydrogen) atoms. The number of halogens is 3. The molecule has 1 saturated carbocycles. The molecule has 0 bridgehead atoms. The first-order chi connectivity index (χ1) is 9.24. The molecule has 0 aliphatic heterocycles. The van der Waals surface area contributed by atoms with E-state index in [1.807, 2.05) is 0 Å². The summed E-state index contributed by atoms with van der Waals surface area (Å²) in [6.45, 7) is 0.928. The smallest absolute Gasteiger partial charge is 0.314 e. The van der Waals surface area contributed by atoms with Gasteiger partial charge in [-0.2, -0.15) is 17.5 Å². The van der Waals surface area contributed by atoms with Gasteiger partial charge in [0.05, 0.1) is 5.75 Å². The Bertz CT molecular complexity index is 381. The van der Waals surface area contributed by atoms with Gasteiger partial charge in [0.15, 0.2) is 0 Å². The van der Waals surface area contributed by atoms with Crippen LogP contribution in [0.15, 0.2) is 0 Å². The van der Waals surface area contributed by atoms with Crippen LogP contribution in [0.5, 0.6) is 0 Å². The number of hydrogen-bond donors (Lipinski definition) is 1. The Morgan fingerprint density at radius 2 is 1.90 bits per heavy atom. The number of rotatable bonds is 10. The van der Waals surface area contributed by atoms with Crippen LogP contribution in [0.2, 0.25) is 0 Å². The van der Waals surface area contributed by atoms with Crippen molar-refractivity contribution in [2.24, 2.45) is 0 Å². The minimum atomic E-state index is -4.49. The van der Waals surface area contributed by atoms with E-state index in [0.717, 1.165) is 19.4 Å². The lowest BCUT2D eigenvalue weighted by Crippen LogP contribution is -2.40. The van der Waals surface area contributed by atoms with Gasteiger partial charge in [-0.1, -0.05) is 6.92 Å². The molecule has 0 amide bonds. The molecule has 1 aliphatic rings. The molecule has 4 nitrogen and oxygen atoms in total. The molecule has 0 aromatic heterocycles. The van der Waals surface area contributed by atoms with Crippen molar-refractivity contribution in [3.05, 3.63) is 0 Å². The lowest BCUT2D eigenvalue weighted by molar-refractivity contribution is -0.136. The SMILES string of the molecule is CCCN(CC(F)(F)F)S(=O)(=O)CCCCNC1CC1. The largest absolute Gasteiger partial charge is 0.402 e. The number of unbranched alkanes of at least 4 members (excludes halogenated alkanes) is 1. The highest BCUT2D eigenvalue weighted by Gasteiger charge is 2.35. The van der Waals surface area contributed by atoms with Crippen LogP contribution in [0.1, 0.15) is 39.0 Å². The van der Waals surface area contributed by atoms with Gasteiger partial charge in [0.1, 0.15) is 6.54 Å². The minimum absolute atomic E-state index is 0.0812. The summed E-state index contributed by atoms with van der Waals surface area (Å²) in [5.74, 6) is -0.213. The van der Waals surface area contributed by atoms with Gasteiger partial charge in [0.25, 0.3) is 0 Å². The second-order valence-electron chi connectivity index (χ2n) is 5.20. The molecular weight excluding hydrogens is 293 g/mol. The monoisotopic (exact) mass is 316 g/mol. The molecule has 0 radical (unpaired) electrons. The second-order valence-corrected chi connectivity index (χ2v) is 7.29. The van der Waals surface area contributed by atoms with E-state index in [1.165, 1.54) is 0 Å². The van der Waals surface area contributed by atoms with E-state index >= 15 is 0 Å². The molecule has 0 aromatic carbocycles. The molecule has 1 rings (SSSR count). The van der Waals surface area contributed by atoms with E-state index in [4.69, 9.17) is 0 Å². The van der Waals surface area contributed by atoms with Crippen LogP contribution >= 0.6 is 0 Å². The summed E-state index contributed by atoms with van der Waals surface area (Å²) in [7, 11) is -3.82. The van der Waals surface area contributed by atoms with Crippen molar-refractivity contribution in [2.45, 2.75) is 51.2 Å². The van der Waals surface area contributed by atoms with E-state index < -0.39 is 22.7 Å². The van der Waals surface area contributed by atoms with Crippen molar-refractivity contribution in [3.8, 4) is 0 Å². The van der Waals surface area contributed by atoms with Gasteiger partial charge in [-0.05, 0) is 38.6 Å². The lowest BCUT2D eigenvalue weighted by atomic mass is 10.3. The minimum Gasteiger partial charge on any atom is -0.314 e. The lowest BCUT2D eigenvalue weighted by Gasteiger charge is -2.22. The maximum Gasteiger partial charge on any atom is 0.402 e. The number of hydrogen-bond acceptors (Lipinski definition) is 3. The van der Waals surface area contributed by atoms with Gasteiger partial charge in [-0.15, -0.1) is 0 Å². The number of nitrogens with one attached hydrogen (secondary N) is 1. The zero-order valence-electron chi connectivity index (χ0n) is 11.7. The Morgan fingerprint density at radius 1 is 1.25 bits per heavy atom. The summed E-state index contributed by atoms with van der Waals surface area (Å²) in [6.07, 6.45) is -0.738. The Morgan fingerprint density at radius 3 is 2.40 bits per heavy atom. The summed E-state index contributed by atoms with van der Waals surface area (Å²) >= 11 is 0. The third kappa shape index (κ3) is 7.44. The molecule has 0 spiro atoms. The quantitative estimate of drug-likeness (QED) is 0.628. The molecule has 8 heteroatoms. The van der Waals surface area contributed by atoms with Crippen LogP contribution < -0.4 is 5.32 Å². The Hall–Kier alpha value is -0.340. The Kier molecular flexibility index (Phi) is 6.74. The number of sulfonamides is 1. The molecule has 0 saturated heterocycles. The molecule has 1 N–H and O–H groups in total. The van der Waals surface area contributed by atoms with Crippen molar-refractivity contribution in [1.82, 2.24) is 9.62 Å². The van der Waals surface area contributed by atoms with Crippen molar-refractivity contribution in [2.75, 3.05) is 25.4 Å². The predicted octanol–water partition coefficient (Wildman–Crippen LogP) is 2.12. The summed E-state index contributed by atoms with van der Waals surface area (Å²) in [4.78, 5) is 0. The number of nitrogens with zero attached hydrogens (tertiary/aromatic N) is 1. The normalized spacial score (nSPS) is 16.9. The fraction of sp³-hybridized carbons (Fsp3) is 1.00. The zero-order chi connectivity index (χ0) is 15.2. The fourth-order valence-electron chi connectivity index (χ4n) is 1.90. The van der Waals surface area contributed by atoms with Crippen LogP contribution in [0.3, 0.4) is 0 Å². The summed E-state index contributed by atoms with van der Waals surface area (Å²) in [5, 5.41) is 3.25. The van der Waals surface area contributed by atoms with Crippen molar-refractivity contribution < 1.29 is 21.6 Å². The average molecular weight is 316 g/mol. The van der Waals surface area contributed by atoms with Crippen molar-refractivity contribution >= 4 is 10.0 Å². The average Bonchev–Trinajstić information content (AvgIpc) is 3.10. The van der Waals surface area contributed by atoms with E-state index in [1.54, 1.807) is 6.92 Å². The zero-order valence-corrected chi connectivity index (χ0v) is 12.6. The van der Waals surface area contributed by atoms with Gasteiger partial charge in [0, 0.05) is 12.6 Å². The third-order valence-electron chi connectivity index (χ3n) is 3.06. The highest BCUT2D eigenvalue weighted by Crippen LogP contribution is 2.20. The highest BCUT2D eigenvalue weighted by molar-refractivity contribution is 7.89. The highest BCUT2D eigenvalue weighted by atomic mass is 32.2. The third-order valence-corrected chi connectivity index (χ3v) is 4.96. The molecular formula is C12H23F3N2O2S. The maximum absolute atomic E-state index is 12.4. The van der Waals surface area contributed by atoms with Gasteiger partial charge >= 0.3 is 6.18 Å². The van der Waals surface area contributed by atoms with Crippen LogP contribution in [0, 0.1) is 0 Å². The molecule has 0 unspecified atom stereocenters. The molecule has 1 fully saturated rings. The van der Waals surface area contributed by atoms with Gasteiger partial charge < -0.3 is 5.32 Å². The van der Waals surface area contributed by atoms with Crippen molar-refractivity contribution in [1.29, 1.82) is 0 Å². The topological polar surface area (TPSA) is 49.4 Å². The van der Waals surface area contributed by atoms with Gasteiger partial charge in [-0.3, -0.25) is 0 Å². The molecule has 0 atom stereocenters. The standard InChI is InChI=1S/C12H23F3N2O2S/c1-2-8-17(10-12(13,14)15)20(18,19)9-4-3-7-16-11-5-6-11/h11,16H,2-10H2,1H3. The molecule has 120 valence electrons. The second kappa shape index (κ2) is 7.61. The van der Waals surface area contributed by atoms with E-state index in [-0.39, 0.29) is 12.3 Å². The van der Waals surface area contributed by atoms with E-state index in [0.29, 0.717) is 29.6 Å². The van der Waals surface area contributed by atoms with E-state index in [9.17, 15) is 21.6 Å². The summed E-state index contributed by atoms with van der Waals surface area (Å²) < 4.78 is 61.5. The first-order valence-corrected chi connectivity index (χ1v) is 8.63. The van der Waals surface area contributed by atoms with Crippen LogP contribution in [-0.2, 0) is 10.0 Å². The van der Waals surface area contributed by atoms with Crippen LogP contribution in [0.25, 0.3) is 0 Å². The molecule has 1 aliphatic carbocycles. The first-order valence-electron chi connectivity index (χ1n) is 7.02. The van der Waals surface area contributed by atoms with Crippen LogP contribution in [-0.4, -0.2) is 50.3 Å². The van der Waals surface area contributed by atoms with Crippen molar-refractivity contribution in [3.63, 3.8) is 0 Å². The summed E-state index contributed by atoms with van der Waals surface area (Å²) in [5.41, 5.74) is 0. The summed E-state index contributed by atoms with van der Waals surface area (Å²) in [6, 6.07) is 0.563. The molecule has 0 aromatic rings. The fourth-order valence-corrected chi connectivity index (χ4v) is 3.53. The first kappa shape index (κ1) is 17.7.